The number of fused-ring (bicyclic) bond motifs is 12. The Kier molecular flexibility index (Phi) is 9.45. The molecule has 0 amide bonds. The summed E-state index contributed by atoms with van der Waals surface area (Å²) in [7, 11) is 0. The van der Waals surface area contributed by atoms with Crippen molar-refractivity contribution < 1.29 is 8.83 Å². The number of para-hydroxylation sites is 4. The van der Waals surface area contributed by atoms with Crippen molar-refractivity contribution in [3.8, 4) is 67.5 Å². The van der Waals surface area contributed by atoms with Crippen LogP contribution >= 0.6 is 0 Å². The smallest absolute Gasteiger partial charge is 0.160 e. The lowest BCUT2D eigenvalue weighted by atomic mass is 9.96. The van der Waals surface area contributed by atoms with E-state index >= 15 is 0 Å². The fourth-order valence-electron chi connectivity index (χ4n) is 12.1. The second-order valence-corrected chi connectivity index (χ2v) is 20.1. The van der Waals surface area contributed by atoms with E-state index in [1.54, 1.807) is 0 Å². The van der Waals surface area contributed by atoms with Crippen molar-refractivity contribution in [1.29, 1.82) is 0 Å². The van der Waals surface area contributed by atoms with E-state index in [9.17, 15) is 0 Å². The maximum absolute atomic E-state index is 7.20. The minimum Gasteiger partial charge on any atom is -0.456 e. The molecule has 0 radical (unpaired) electrons. The normalized spacial score (nSPS) is 12.0. The third-order valence-electron chi connectivity index (χ3n) is 15.7. The number of hydrogen-bond donors (Lipinski definition) is 0. The maximum Gasteiger partial charge on any atom is 0.160 e. The van der Waals surface area contributed by atoms with Gasteiger partial charge in [0.2, 0.25) is 0 Å². The van der Waals surface area contributed by atoms with Crippen LogP contribution in [-0.4, -0.2) is 19.1 Å². The molecule has 16 rings (SSSR count). The third kappa shape index (κ3) is 6.68. The van der Waals surface area contributed by atoms with Gasteiger partial charge in [-0.1, -0.05) is 170 Å². The van der Waals surface area contributed by atoms with Crippen LogP contribution in [0.1, 0.15) is 5.56 Å². The molecule has 0 saturated heterocycles. The number of furan rings is 2. The highest BCUT2D eigenvalue weighted by Crippen LogP contribution is 2.46. The van der Waals surface area contributed by atoms with Gasteiger partial charge in [-0.3, -0.25) is 0 Å². The zero-order valence-electron chi connectivity index (χ0n) is 41.8. The first-order chi connectivity index (χ1) is 38.1. The van der Waals surface area contributed by atoms with Crippen molar-refractivity contribution in [3.05, 3.63) is 254 Å². The molecule has 0 aliphatic rings. The van der Waals surface area contributed by atoms with Crippen molar-refractivity contribution in [3.63, 3.8) is 0 Å². The topological polar surface area (TPSA) is 61.9 Å². The first kappa shape index (κ1) is 43.1. The second-order valence-electron chi connectivity index (χ2n) is 20.1. The second kappa shape index (κ2) is 16.9. The summed E-state index contributed by atoms with van der Waals surface area (Å²) >= 11 is 0. The molecule has 0 aliphatic heterocycles. The first-order valence-electron chi connectivity index (χ1n) is 26.1. The van der Waals surface area contributed by atoms with Gasteiger partial charge in [-0.15, -0.1) is 0 Å². The van der Waals surface area contributed by atoms with E-state index in [2.05, 4.69) is 241 Å². The quantitative estimate of drug-likeness (QED) is 0.160. The molecule has 5 aromatic heterocycles. The number of nitrogens with zero attached hydrogens (tertiary/aromatic N) is 4. The molecule has 0 atom stereocenters. The van der Waals surface area contributed by atoms with Crippen LogP contribution < -0.4 is 0 Å². The Hall–Kier alpha value is -10.3. The van der Waals surface area contributed by atoms with E-state index in [1.165, 1.54) is 10.8 Å². The van der Waals surface area contributed by atoms with Crippen molar-refractivity contribution in [2.75, 3.05) is 0 Å². The number of benzene rings is 11. The van der Waals surface area contributed by atoms with Crippen LogP contribution in [0.4, 0.5) is 0 Å². The van der Waals surface area contributed by atoms with E-state index in [4.69, 9.17) is 18.8 Å². The highest BCUT2D eigenvalue weighted by Gasteiger charge is 2.26. The molecule has 0 saturated carbocycles. The predicted molar refractivity (Wildman–Crippen MR) is 317 cm³/mol. The van der Waals surface area contributed by atoms with Gasteiger partial charge in [-0.25, -0.2) is 9.97 Å². The van der Waals surface area contributed by atoms with Crippen molar-refractivity contribution in [1.82, 2.24) is 19.1 Å². The average molecular weight is 985 g/mol. The summed E-state index contributed by atoms with van der Waals surface area (Å²) in [6.45, 7) is 2.15. The van der Waals surface area contributed by atoms with E-state index in [-0.39, 0.29) is 0 Å². The highest BCUT2D eigenvalue weighted by molar-refractivity contribution is 6.21. The van der Waals surface area contributed by atoms with Gasteiger partial charge >= 0.3 is 0 Å². The van der Waals surface area contributed by atoms with Crippen LogP contribution in [0, 0.1) is 6.92 Å². The average Bonchev–Trinajstić information content (AvgIpc) is 4.46. The van der Waals surface area contributed by atoms with Crippen molar-refractivity contribution in [2.45, 2.75) is 6.92 Å². The molecule has 16 aromatic rings. The molecule has 6 heteroatoms. The molecule has 0 N–H and O–H groups in total. The summed E-state index contributed by atoms with van der Waals surface area (Å²) < 4.78 is 18.3. The van der Waals surface area contributed by atoms with Crippen LogP contribution in [0.3, 0.4) is 0 Å². The minimum atomic E-state index is 0.658. The fourth-order valence-corrected chi connectivity index (χ4v) is 12.1. The van der Waals surface area contributed by atoms with Crippen LogP contribution in [-0.2, 0) is 0 Å². The summed E-state index contributed by atoms with van der Waals surface area (Å²) in [5.41, 5.74) is 20.1. The fraction of sp³-hybridized carbons (Fsp3) is 0.0141. The molecular formula is C71H44N4O2. The third-order valence-corrected chi connectivity index (χ3v) is 15.7. The Morgan fingerprint density at radius 3 is 1.61 bits per heavy atom. The lowest BCUT2D eigenvalue weighted by Gasteiger charge is -2.16. The van der Waals surface area contributed by atoms with E-state index < -0.39 is 0 Å². The number of rotatable bonds is 7. The molecular weight excluding hydrogens is 941 g/mol. The van der Waals surface area contributed by atoms with Gasteiger partial charge in [0.15, 0.2) is 11.4 Å². The SMILES string of the molecule is Cc1c(-c2ccccc2)nc(-c2ccc(-c3ccccc3)cc2)nc1-c1ccc(-n2c3ccc(-c4ccc5oc6ccccc6c5c4)cc3c3cc4c(cc32)c2ccccc2n4-c2ccccc2)c2oc3ccccc3c12. The van der Waals surface area contributed by atoms with Crippen LogP contribution in [0.25, 0.3) is 155 Å². The highest BCUT2D eigenvalue weighted by atomic mass is 16.3. The molecule has 0 aliphatic carbocycles. The van der Waals surface area contributed by atoms with Gasteiger partial charge in [-0.2, -0.15) is 0 Å². The largest absolute Gasteiger partial charge is 0.456 e. The summed E-state index contributed by atoms with van der Waals surface area (Å²) in [6, 6.07) is 88.4. The minimum absolute atomic E-state index is 0.658. The Labute approximate surface area is 442 Å². The van der Waals surface area contributed by atoms with Gasteiger partial charge in [0, 0.05) is 71.0 Å². The molecule has 5 heterocycles. The Balaban J connectivity index is 0.963. The van der Waals surface area contributed by atoms with E-state index in [0.29, 0.717) is 5.82 Å². The van der Waals surface area contributed by atoms with Crippen molar-refractivity contribution in [2.24, 2.45) is 0 Å². The molecule has 0 fully saturated rings. The van der Waals surface area contributed by atoms with Crippen LogP contribution in [0.2, 0.25) is 0 Å². The zero-order valence-corrected chi connectivity index (χ0v) is 41.8. The lowest BCUT2D eigenvalue weighted by molar-refractivity contribution is 0.666. The van der Waals surface area contributed by atoms with E-state index in [0.717, 1.165) is 144 Å². The molecule has 11 aromatic carbocycles. The zero-order chi connectivity index (χ0) is 50.7. The maximum atomic E-state index is 7.20. The molecule has 0 unspecified atom stereocenters. The lowest BCUT2D eigenvalue weighted by Crippen LogP contribution is -2.01. The van der Waals surface area contributed by atoms with Gasteiger partial charge in [0.05, 0.1) is 39.1 Å². The number of hydrogen-bond acceptors (Lipinski definition) is 4. The summed E-state index contributed by atoms with van der Waals surface area (Å²) in [5, 5.41) is 8.87. The van der Waals surface area contributed by atoms with Gasteiger partial charge in [-0.05, 0) is 108 Å². The molecule has 6 nitrogen and oxygen atoms in total. The standard InChI is InChI=1S/C71H44N4O2/c1-43-68(46-19-7-3-8-20-46)72-71(47-31-29-45(30-32-47)44-17-5-2-6-18-44)73-69(43)54-35-37-61(70-67(54)53-25-13-16-28-65(53)77-70)75-60-36-33-48(49-34-38-66-58(40-49)52-24-12-15-27-64(52)76-66)39-55(60)57-42-62-56(41-63(57)75)51-23-11-14-26-59(51)74(62)50-21-9-4-10-22-50/h2-42H,1H3. The van der Waals surface area contributed by atoms with Crippen LogP contribution in [0.15, 0.2) is 258 Å². The van der Waals surface area contributed by atoms with Crippen molar-refractivity contribution >= 4 is 87.5 Å². The van der Waals surface area contributed by atoms with Crippen LogP contribution in [0.5, 0.6) is 0 Å². The Morgan fingerprint density at radius 2 is 0.844 bits per heavy atom. The summed E-state index contributed by atoms with van der Waals surface area (Å²) in [6.07, 6.45) is 0. The molecule has 0 spiro atoms. The van der Waals surface area contributed by atoms with Gasteiger partial charge in [0.1, 0.15) is 16.7 Å². The monoisotopic (exact) mass is 984 g/mol. The first-order valence-corrected chi connectivity index (χ1v) is 26.1. The van der Waals surface area contributed by atoms with E-state index in [1.807, 2.05) is 24.3 Å². The molecule has 77 heavy (non-hydrogen) atoms. The number of aromatic nitrogens is 4. The summed E-state index contributed by atoms with van der Waals surface area (Å²) in [5.74, 6) is 0.658. The summed E-state index contributed by atoms with van der Waals surface area (Å²) in [4.78, 5) is 10.9. The van der Waals surface area contributed by atoms with Gasteiger partial charge in [0.25, 0.3) is 0 Å². The Morgan fingerprint density at radius 1 is 0.325 bits per heavy atom. The Bertz CT molecular complexity index is 5030. The molecule has 0 bridgehead atoms. The predicted octanol–water partition coefficient (Wildman–Crippen LogP) is 19.1. The van der Waals surface area contributed by atoms with Gasteiger partial charge < -0.3 is 18.0 Å². The molecule has 360 valence electrons.